The summed E-state index contributed by atoms with van der Waals surface area (Å²) in [6.45, 7) is 1.04. The molecule has 0 fully saturated rings. The number of carbonyl (C=O) groups is 1. The van der Waals surface area contributed by atoms with Crippen molar-refractivity contribution in [3.63, 3.8) is 0 Å². The van der Waals surface area contributed by atoms with E-state index in [1.54, 1.807) is 11.3 Å². The topological polar surface area (TPSA) is 44.8 Å². The van der Waals surface area contributed by atoms with E-state index in [0.29, 0.717) is 6.61 Å². The Kier molecular flexibility index (Phi) is 4.68. The number of rotatable bonds is 4. The molecule has 4 rings (SSSR count). The van der Waals surface area contributed by atoms with Gasteiger partial charge in [-0.25, -0.2) is 4.79 Å². The van der Waals surface area contributed by atoms with Crippen LogP contribution in [0.3, 0.4) is 0 Å². The third-order valence-electron chi connectivity index (χ3n) is 4.29. The summed E-state index contributed by atoms with van der Waals surface area (Å²) in [7, 11) is 0. The summed E-state index contributed by atoms with van der Waals surface area (Å²) in [4.78, 5) is 13.0. The average Bonchev–Trinajstić information content (AvgIpc) is 3.14. The fourth-order valence-electron chi connectivity index (χ4n) is 3.00. The summed E-state index contributed by atoms with van der Waals surface area (Å²) in [6.07, 6.45) is 0.0688. The van der Waals surface area contributed by atoms with Crippen LogP contribution >= 0.6 is 11.3 Å². The summed E-state index contributed by atoms with van der Waals surface area (Å²) in [5, 5.41) is 4.33. The predicted octanol–water partition coefficient (Wildman–Crippen LogP) is 4.87. The van der Waals surface area contributed by atoms with E-state index in [0.717, 1.165) is 27.6 Å². The molecule has 4 nitrogen and oxygen atoms in total. The molecule has 1 atom stereocenters. The molecule has 0 saturated heterocycles. The molecule has 0 radical (unpaired) electrons. The molecule has 0 amide bonds. The van der Waals surface area contributed by atoms with E-state index >= 15 is 0 Å². The number of thiophene rings is 1. The van der Waals surface area contributed by atoms with Gasteiger partial charge in [0.1, 0.15) is 19.3 Å². The Balaban J connectivity index is 1.31. The second kappa shape index (κ2) is 7.25. The van der Waals surface area contributed by atoms with Crippen LogP contribution in [0.1, 0.15) is 22.1 Å². The van der Waals surface area contributed by atoms with Crippen LogP contribution in [-0.4, -0.2) is 19.4 Å². The molecule has 5 heteroatoms. The second-order valence-electron chi connectivity index (χ2n) is 5.95. The van der Waals surface area contributed by atoms with Crippen molar-refractivity contribution in [1.29, 1.82) is 0 Å². The molecule has 1 aromatic heterocycles. The summed E-state index contributed by atoms with van der Waals surface area (Å²) < 4.78 is 16.2. The highest BCUT2D eigenvalue weighted by Crippen LogP contribution is 2.31. The van der Waals surface area contributed by atoms with Gasteiger partial charge in [0.05, 0.1) is 6.61 Å². The summed E-state index contributed by atoms with van der Waals surface area (Å²) in [5.74, 6) is 0. The maximum Gasteiger partial charge on any atom is 0.508 e. The molecule has 0 bridgehead atoms. The molecule has 0 aliphatic carbocycles. The van der Waals surface area contributed by atoms with Crippen molar-refractivity contribution >= 4 is 28.3 Å². The minimum Gasteiger partial charge on any atom is -0.431 e. The van der Waals surface area contributed by atoms with Gasteiger partial charge in [0.2, 0.25) is 0 Å². The van der Waals surface area contributed by atoms with Gasteiger partial charge in [-0.05, 0) is 45.8 Å². The SMILES string of the molecule is O=C(OCc1ccc2ccccc2c1)OC[C@@H]1OCCc2ccsc21. The third-order valence-corrected chi connectivity index (χ3v) is 5.34. The lowest BCUT2D eigenvalue weighted by Gasteiger charge is -2.22. The van der Waals surface area contributed by atoms with Crippen molar-refractivity contribution in [3.05, 3.63) is 69.9 Å². The zero-order chi connectivity index (χ0) is 17.1. The lowest BCUT2D eigenvalue weighted by Crippen LogP contribution is -2.20. The zero-order valence-corrected chi connectivity index (χ0v) is 14.5. The number of hydrogen-bond acceptors (Lipinski definition) is 5. The fraction of sp³-hybridized carbons (Fsp3) is 0.250. The van der Waals surface area contributed by atoms with Crippen molar-refractivity contribution < 1.29 is 19.0 Å². The van der Waals surface area contributed by atoms with E-state index in [-0.39, 0.29) is 19.3 Å². The Hall–Kier alpha value is -2.37. The van der Waals surface area contributed by atoms with E-state index in [9.17, 15) is 4.79 Å². The molecule has 1 aliphatic heterocycles. The fourth-order valence-corrected chi connectivity index (χ4v) is 3.99. The van der Waals surface area contributed by atoms with Crippen molar-refractivity contribution in [1.82, 2.24) is 0 Å². The highest BCUT2D eigenvalue weighted by molar-refractivity contribution is 7.10. The minimum atomic E-state index is -0.666. The van der Waals surface area contributed by atoms with Crippen LogP contribution in [0.15, 0.2) is 53.9 Å². The zero-order valence-electron chi connectivity index (χ0n) is 13.6. The van der Waals surface area contributed by atoms with E-state index in [1.807, 2.05) is 41.8 Å². The predicted molar refractivity (Wildman–Crippen MR) is 96.8 cm³/mol. The first-order chi connectivity index (χ1) is 12.3. The maximum atomic E-state index is 11.9. The Labute approximate surface area is 149 Å². The van der Waals surface area contributed by atoms with Crippen LogP contribution in [0.5, 0.6) is 0 Å². The molecular formula is C20H18O4S. The largest absolute Gasteiger partial charge is 0.508 e. The highest BCUT2D eigenvalue weighted by atomic mass is 32.1. The highest BCUT2D eigenvalue weighted by Gasteiger charge is 2.23. The van der Waals surface area contributed by atoms with Crippen molar-refractivity contribution in [3.8, 4) is 0 Å². The van der Waals surface area contributed by atoms with Gasteiger partial charge in [0, 0.05) is 4.88 Å². The molecule has 128 valence electrons. The van der Waals surface area contributed by atoms with Crippen molar-refractivity contribution in [2.24, 2.45) is 0 Å². The van der Waals surface area contributed by atoms with Crippen molar-refractivity contribution in [2.45, 2.75) is 19.1 Å². The van der Waals surface area contributed by atoms with E-state index in [2.05, 4.69) is 12.1 Å². The molecule has 2 aromatic carbocycles. The lowest BCUT2D eigenvalue weighted by molar-refractivity contribution is -0.0233. The lowest BCUT2D eigenvalue weighted by atomic mass is 10.1. The van der Waals surface area contributed by atoms with Crippen LogP contribution in [-0.2, 0) is 27.2 Å². The Morgan fingerprint density at radius 1 is 1.12 bits per heavy atom. The normalized spacial score (nSPS) is 16.4. The van der Waals surface area contributed by atoms with Crippen LogP contribution in [0.25, 0.3) is 10.8 Å². The molecular weight excluding hydrogens is 336 g/mol. The average molecular weight is 354 g/mol. The Morgan fingerprint density at radius 2 is 2.00 bits per heavy atom. The summed E-state index contributed by atoms with van der Waals surface area (Å²) in [6, 6.07) is 16.2. The van der Waals surface area contributed by atoms with Gasteiger partial charge in [-0.2, -0.15) is 0 Å². The first kappa shape index (κ1) is 16.1. The molecule has 3 aromatic rings. The number of benzene rings is 2. The van der Waals surface area contributed by atoms with Gasteiger partial charge in [0.15, 0.2) is 0 Å². The molecule has 2 heterocycles. The Bertz CT molecular complexity index is 886. The molecule has 0 unspecified atom stereocenters. The maximum absolute atomic E-state index is 11.9. The smallest absolute Gasteiger partial charge is 0.431 e. The van der Waals surface area contributed by atoms with Gasteiger partial charge in [-0.1, -0.05) is 36.4 Å². The first-order valence-electron chi connectivity index (χ1n) is 8.25. The van der Waals surface area contributed by atoms with Gasteiger partial charge >= 0.3 is 6.16 Å². The first-order valence-corrected chi connectivity index (χ1v) is 9.13. The standard InChI is InChI=1S/C20H18O4S/c21-20(24-13-18-19-16(7-9-22-18)8-10-25-19)23-12-14-5-6-15-3-1-2-4-17(15)11-14/h1-6,8,10-11,18H,7,9,12-13H2/t18-/m0/s1. The molecule has 0 N–H and O–H groups in total. The number of carbonyl (C=O) groups excluding carboxylic acids is 1. The van der Waals surface area contributed by atoms with E-state index < -0.39 is 6.16 Å². The van der Waals surface area contributed by atoms with Gasteiger partial charge in [-0.3, -0.25) is 0 Å². The van der Waals surface area contributed by atoms with Crippen LogP contribution in [0, 0.1) is 0 Å². The number of ether oxygens (including phenoxy) is 3. The third kappa shape index (κ3) is 3.67. The Morgan fingerprint density at radius 3 is 2.92 bits per heavy atom. The van der Waals surface area contributed by atoms with Crippen molar-refractivity contribution in [2.75, 3.05) is 13.2 Å². The van der Waals surface area contributed by atoms with Gasteiger partial charge in [0.25, 0.3) is 0 Å². The van der Waals surface area contributed by atoms with Crippen LogP contribution < -0.4 is 0 Å². The molecule has 25 heavy (non-hydrogen) atoms. The van der Waals surface area contributed by atoms with E-state index in [1.165, 1.54) is 5.56 Å². The summed E-state index contributed by atoms with van der Waals surface area (Å²) >= 11 is 1.64. The molecule has 1 aliphatic rings. The molecule has 0 spiro atoms. The van der Waals surface area contributed by atoms with Gasteiger partial charge < -0.3 is 14.2 Å². The van der Waals surface area contributed by atoms with Crippen LogP contribution in [0.4, 0.5) is 4.79 Å². The monoisotopic (exact) mass is 354 g/mol. The second-order valence-corrected chi connectivity index (χ2v) is 6.90. The molecule has 0 saturated carbocycles. The minimum absolute atomic E-state index is 0.183. The van der Waals surface area contributed by atoms with Gasteiger partial charge in [-0.15, -0.1) is 11.3 Å². The van der Waals surface area contributed by atoms with Crippen LogP contribution in [0.2, 0.25) is 0 Å². The van der Waals surface area contributed by atoms with E-state index in [4.69, 9.17) is 14.2 Å². The summed E-state index contributed by atoms with van der Waals surface area (Å²) in [5.41, 5.74) is 2.22. The number of fused-ring (bicyclic) bond motifs is 2. The number of hydrogen-bond donors (Lipinski definition) is 0. The quantitative estimate of drug-likeness (QED) is 0.627.